The topological polar surface area (TPSA) is 222 Å². The van der Waals surface area contributed by atoms with Crippen LogP contribution in [0.4, 0.5) is 8.78 Å². The van der Waals surface area contributed by atoms with E-state index in [9.17, 15) is 52.6 Å². The Bertz CT molecular complexity index is 1870. The van der Waals surface area contributed by atoms with E-state index in [2.05, 4.69) is 15.7 Å². The number of aromatic nitrogens is 1. The van der Waals surface area contributed by atoms with Crippen molar-refractivity contribution in [1.82, 2.24) is 25.9 Å². The Kier molecular flexibility index (Phi) is 16.1. The quantitative estimate of drug-likeness (QED) is 0.108. The van der Waals surface area contributed by atoms with E-state index in [0.29, 0.717) is 15.6 Å². The highest BCUT2D eigenvalue weighted by Crippen LogP contribution is 2.22. The van der Waals surface area contributed by atoms with Gasteiger partial charge in [-0.3, -0.25) is 33.6 Å². The molecule has 4 amide bonds. The van der Waals surface area contributed by atoms with Gasteiger partial charge < -0.3 is 25.0 Å². The van der Waals surface area contributed by atoms with Crippen LogP contribution in [0.2, 0.25) is 0 Å². The Morgan fingerprint density at radius 2 is 1.55 bits per heavy atom. The largest absolute Gasteiger partial charge is 0.481 e. The summed E-state index contributed by atoms with van der Waals surface area (Å²) >= 11 is 0. The minimum absolute atomic E-state index is 0.0274. The number of Topliss-reactive ketones (excluding diaryl/α,β-unsaturated/α-hetero) is 1. The fraction of sp³-hybridized carbons (Fsp3) is 0.405. The maximum atomic E-state index is 14.4. The predicted octanol–water partition coefficient (Wildman–Crippen LogP) is 2.87. The lowest BCUT2D eigenvalue weighted by Gasteiger charge is -2.39. The molecule has 1 aromatic heterocycles. The van der Waals surface area contributed by atoms with Gasteiger partial charge in [-0.1, -0.05) is 44.2 Å². The second-order valence-electron chi connectivity index (χ2n) is 12.9. The number of carbonyl (C=O) groups excluding carboxylic acids is 6. The van der Waals surface area contributed by atoms with Crippen LogP contribution in [-0.4, -0.2) is 98.6 Å². The molecule has 0 saturated carbocycles. The molecular weight excluding hydrogens is 728 g/mol. The van der Waals surface area contributed by atoms with Gasteiger partial charge in [-0.15, -0.1) is 0 Å². The summed E-state index contributed by atoms with van der Waals surface area (Å²) in [5, 5.41) is 23.3. The van der Waals surface area contributed by atoms with Gasteiger partial charge in [0.2, 0.25) is 5.91 Å². The lowest BCUT2D eigenvalue weighted by molar-refractivity contribution is -0.185. The Morgan fingerprint density at radius 3 is 2.16 bits per heavy atom. The first-order valence-corrected chi connectivity index (χ1v) is 17.2. The number of methoxy groups -OCH3 is 1. The van der Waals surface area contributed by atoms with E-state index >= 15 is 0 Å². The van der Waals surface area contributed by atoms with E-state index < -0.39 is 109 Å². The number of amides is 4. The maximum Gasteiger partial charge on any atom is 0.308 e. The molecule has 0 unspecified atom stereocenters. The number of carboxylic acids is 1. The minimum Gasteiger partial charge on any atom is -0.481 e. The van der Waals surface area contributed by atoms with Crippen molar-refractivity contribution in [3.8, 4) is 5.75 Å². The van der Waals surface area contributed by atoms with Crippen molar-refractivity contribution in [3.05, 3.63) is 71.9 Å². The number of aliphatic hydroxyl groups is 1. The molecule has 0 spiro atoms. The first-order chi connectivity index (χ1) is 26.0. The first kappa shape index (κ1) is 43.4. The monoisotopic (exact) mass is 771 g/mol. The van der Waals surface area contributed by atoms with E-state index in [-0.39, 0.29) is 24.5 Å². The average Bonchev–Trinajstić information content (AvgIpc) is 3.12. The molecule has 3 rings (SSSR count). The third kappa shape index (κ3) is 12.8. The molecule has 0 aliphatic heterocycles. The first-order valence-electron chi connectivity index (χ1n) is 17.2. The summed E-state index contributed by atoms with van der Waals surface area (Å²) in [5.41, 5.74) is 2.68. The molecule has 0 aliphatic carbocycles. The van der Waals surface area contributed by atoms with Crippen molar-refractivity contribution in [3.63, 3.8) is 0 Å². The van der Waals surface area contributed by atoms with Gasteiger partial charge in [-0.2, -0.15) is 5.12 Å². The summed E-state index contributed by atoms with van der Waals surface area (Å²) in [7, 11) is 0.956. The van der Waals surface area contributed by atoms with Crippen LogP contribution in [0.25, 0.3) is 10.9 Å². The highest BCUT2D eigenvalue weighted by atomic mass is 19.1. The lowest BCUT2D eigenvalue weighted by atomic mass is 10.0. The van der Waals surface area contributed by atoms with Crippen LogP contribution in [0.15, 0.2) is 54.6 Å². The number of hydrogen-bond donors (Lipinski definition) is 4. The summed E-state index contributed by atoms with van der Waals surface area (Å²) < 4.78 is 38.5. The van der Waals surface area contributed by atoms with Crippen molar-refractivity contribution >= 4 is 52.3 Å². The van der Waals surface area contributed by atoms with Crippen molar-refractivity contribution in [2.75, 3.05) is 13.7 Å². The van der Waals surface area contributed by atoms with Gasteiger partial charge in [0, 0.05) is 18.2 Å². The highest BCUT2D eigenvalue weighted by Gasteiger charge is 2.41. The molecular formula is C37H43F2N5O11. The van der Waals surface area contributed by atoms with E-state index in [1.165, 1.54) is 13.0 Å². The van der Waals surface area contributed by atoms with E-state index in [0.717, 1.165) is 30.7 Å². The molecule has 0 bridgehead atoms. The van der Waals surface area contributed by atoms with Crippen molar-refractivity contribution in [2.45, 2.75) is 77.5 Å². The third-order valence-electron chi connectivity index (χ3n) is 7.87. The van der Waals surface area contributed by atoms with Crippen LogP contribution in [0.5, 0.6) is 5.75 Å². The number of benzene rings is 2. The van der Waals surface area contributed by atoms with Crippen molar-refractivity contribution < 1.29 is 62.0 Å². The van der Waals surface area contributed by atoms with Crippen molar-refractivity contribution in [1.29, 1.82) is 0 Å². The smallest absolute Gasteiger partial charge is 0.308 e. The Morgan fingerprint density at radius 1 is 0.873 bits per heavy atom. The fourth-order valence-corrected chi connectivity index (χ4v) is 5.25. The summed E-state index contributed by atoms with van der Waals surface area (Å²) in [6.45, 7) is 3.50. The normalized spacial score (nSPS) is 12.6. The molecule has 3 aromatic rings. The molecule has 0 radical (unpaired) electrons. The molecule has 4 N–H and O–H groups in total. The number of ketones is 1. The van der Waals surface area contributed by atoms with Crippen LogP contribution in [0.3, 0.4) is 0 Å². The number of hydrazine groups is 2. The molecule has 16 nitrogen and oxygen atoms in total. The molecule has 296 valence electrons. The molecule has 0 saturated heterocycles. The van der Waals surface area contributed by atoms with E-state index in [4.69, 9.17) is 9.47 Å². The zero-order valence-electron chi connectivity index (χ0n) is 30.6. The minimum atomic E-state index is -2.07. The lowest BCUT2D eigenvalue weighted by Crippen LogP contribution is -2.66. The van der Waals surface area contributed by atoms with Crippen LogP contribution >= 0.6 is 0 Å². The Labute approximate surface area is 314 Å². The van der Waals surface area contributed by atoms with Gasteiger partial charge in [-0.25, -0.2) is 24.2 Å². The summed E-state index contributed by atoms with van der Waals surface area (Å²) in [4.78, 5) is 97.2. The van der Waals surface area contributed by atoms with Gasteiger partial charge in [0.05, 0.1) is 31.6 Å². The number of carboxylic acid groups (broad SMARTS) is 1. The molecule has 1 heterocycles. The van der Waals surface area contributed by atoms with Gasteiger partial charge in [0.1, 0.15) is 24.4 Å². The van der Waals surface area contributed by atoms with Crippen LogP contribution in [0.1, 0.15) is 69.8 Å². The van der Waals surface area contributed by atoms with E-state index in [1.54, 1.807) is 44.2 Å². The number of aliphatic hydroxyl groups excluding tert-OH is 1. The van der Waals surface area contributed by atoms with Gasteiger partial charge in [0.15, 0.2) is 23.2 Å². The van der Waals surface area contributed by atoms with Crippen LogP contribution < -0.4 is 15.5 Å². The number of halogens is 2. The number of fused-ring (bicyclic) bond motifs is 1. The van der Waals surface area contributed by atoms with E-state index in [1.807, 2.05) is 0 Å². The van der Waals surface area contributed by atoms with Crippen LogP contribution in [-0.2, 0) is 33.5 Å². The Balaban J connectivity index is 2.08. The predicted molar refractivity (Wildman–Crippen MR) is 189 cm³/mol. The number of ether oxygens (including phenoxy) is 2. The van der Waals surface area contributed by atoms with Gasteiger partial charge in [-0.05, 0) is 49.9 Å². The number of esters is 1. The number of pyridine rings is 1. The average molecular weight is 772 g/mol. The van der Waals surface area contributed by atoms with Crippen LogP contribution in [0, 0.1) is 17.6 Å². The maximum absolute atomic E-state index is 14.4. The molecule has 0 fully saturated rings. The zero-order chi connectivity index (χ0) is 40.8. The summed E-state index contributed by atoms with van der Waals surface area (Å²) in [5.74, 6) is -11.4. The highest BCUT2D eigenvalue weighted by molar-refractivity contribution is 5.99. The molecule has 2 aromatic carbocycles. The van der Waals surface area contributed by atoms with Crippen molar-refractivity contribution in [2.24, 2.45) is 5.92 Å². The van der Waals surface area contributed by atoms with Gasteiger partial charge in [0.25, 0.3) is 17.7 Å². The second kappa shape index (κ2) is 20.4. The molecule has 0 aliphatic rings. The Hall–Kier alpha value is -6.04. The summed E-state index contributed by atoms with van der Waals surface area (Å²) in [6, 6.07) is 9.33. The number of nitrogens with one attached hydrogen (secondary N) is 2. The number of aliphatic carboxylic acids is 1. The number of rotatable bonds is 18. The SMILES string of the molecule is COC(=O)C[C@H](C(=O)COc1c(F)cccc1F)N(C(=O)C[C@H](C)O)N(NC(=O)[C@H](CC(C)C)NC(=O)c1ccc2ccccc2n1)C(=O)CCCC(=O)O. The molecule has 18 heteroatoms. The number of carbonyl (C=O) groups is 7. The molecule has 3 atom stereocenters. The zero-order valence-corrected chi connectivity index (χ0v) is 30.6. The molecule has 55 heavy (non-hydrogen) atoms. The number of nitrogens with zero attached hydrogens (tertiary/aromatic N) is 3. The second-order valence-corrected chi connectivity index (χ2v) is 12.9. The standard InChI is InChI=1S/C37H43F2N5O11/c1-21(2)17-28(41-36(52)27-16-15-23-9-5-6-12-26(23)40-27)37(53)42-44(31(47)13-8-14-33(49)50)43(32(48)18-22(3)45)29(19-34(51)54-4)30(46)20-55-35-24(38)10-7-11-25(35)39/h5-7,9-12,15-16,21-22,28-29,45H,8,13-14,17-20H2,1-4H3,(H,41,52)(H,42,53)(H,49,50)/t22-,28-,29+/m0/s1. The number of hydrogen-bond acceptors (Lipinski definition) is 11. The number of para-hydroxylation sites is 2. The van der Waals surface area contributed by atoms with Gasteiger partial charge >= 0.3 is 11.9 Å². The summed E-state index contributed by atoms with van der Waals surface area (Å²) in [6.07, 6.45) is -4.68. The third-order valence-corrected chi connectivity index (χ3v) is 7.87. The fourth-order valence-electron chi connectivity index (χ4n) is 5.25.